The van der Waals surface area contributed by atoms with Crippen LogP contribution in [0.1, 0.15) is 5.56 Å². The zero-order valence-corrected chi connectivity index (χ0v) is 8.31. The molecule has 0 fully saturated rings. The van der Waals surface area contributed by atoms with Gasteiger partial charge in [-0.05, 0) is 18.2 Å². The van der Waals surface area contributed by atoms with Crippen LogP contribution in [-0.2, 0) is 6.18 Å². The molecule has 2 aromatic heterocycles. The maximum absolute atomic E-state index is 12.5. The number of alkyl halides is 3. The van der Waals surface area contributed by atoms with Crippen LogP contribution in [0.2, 0.25) is 0 Å². The lowest BCUT2D eigenvalue weighted by atomic mass is 10.1. The van der Waals surface area contributed by atoms with Crippen molar-refractivity contribution in [1.82, 2.24) is 19.6 Å². The van der Waals surface area contributed by atoms with Crippen molar-refractivity contribution in [2.75, 3.05) is 0 Å². The molecule has 7 heteroatoms. The minimum Gasteiger partial charge on any atom is -0.219 e. The molecule has 86 valence electrons. The lowest BCUT2D eigenvalue weighted by molar-refractivity contribution is -0.137. The number of aromatic nitrogens is 4. The Morgan fingerprint density at radius 1 is 1.12 bits per heavy atom. The lowest BCUT2D eigenvalue weighted by Crippen LogP contribution is -2.05. The Balaban J connectivity index is 2.34. The molecule has 0 aliphatic rings. The van der Waals surface area contributed by atoms with E-state index in [0.29, 0.717) is 16.7 Å². The van der Waals surface area contributed by atoms with Gasteiger partial charge in [0.25, 0.3) is 5.78 Å². The molecule has 0 bridgehead atoms. The first-order valence-corrected chi connectivity index (χ1v) is 4.71. The average molecular weight is 238 g/mol. The Hall–Kier alpha value is -2.18. The van der Waals surface area contributed by atoms with Gasteiger partial charge in [-0.1, -0.05) is 0 Å². The molecule has 0 atom stereocenters. The van der Waals surface area contributed by atoms with Crippen LogP contribution >= 0.6 is 0 Å². The van der Waals surface area contributed by atoms with Crippen molar-refractivity contribution in [3.8, 4) is 0 Å². The molecule has 0 saturated heterocycles. The summed E-state index contributed by atoms with van der Waals surface area (Å²) in [5.41, 5.74) is -0.160. The van der Waals surface area contributed by atoms with Crippen LogP contribution in [0.15, 0.2) is 30.7 Å². The summed E-state index contributed by atoms with van der Waals surface area (Å²) in [6.07, 6.45) is -1.69. The van der Waals surface area contributed by atoms with Crippen molar-refractivity contribution in [3.63, 3.8) is 0 Å². The second-order valence-corrected chi connectivity index (χ2v) is 3.50. The molecular formula is C10H5F3N4. The third-order valence-electron chi connectivity index (χ3n) is 2.43. The predicted octanol–water partition coefficient (Wildman–Crippen LogP) is 2.30. The zero-order valence-electron chi connectivity index (χ0n) is 8.31. The first-order chi connectivity index (χ1) is 8.05. The molecule has 0 aliphatic carbocycles. The quantitative estimate of drug-likeness (QED) is 0.603. The summed E-state index contributed by atoms with van der Waals surface area (Å²) < 4.78 is 38.9. The van der Waals surface area contributed by atoms with E-state index in [4.69, 9.17) is 0 Å². The first kappa shape index (κ1) is 10.0. The van der Waals surface area contributed by atoms with Crippen LogP contribution in [0.3, 0.4) is 0 Å². The van der Waals surface area contributed by atoms with Crippen LogP contribution in [0.5, 0.6) is 0 Å². The molecule has 2 heterocycles. The van der Waals surface area contributed by atoms with Gasteiger partial charge < -0.3 is 0 Å². The summed E-state index contributed by atoms with van der Waals surface area (Å²) in [6.45, 7) is 0. The van der Waals surface area contributed by atoms with Crippen LogP contribution in [-0.4, -0.2) is 19.6 Å². The summed E-state index contributed by atoms with van der Waals surface area (Å²) in [7, 11) is 0. The summed E-state index contributed by atoms with van der Waals surface area (Å²) >= 11 is 0. The molecular weight excluding hydrogens is 233 g/mol. The van der Waals surface area contributed by atoms with E-state index in [-0.39, 0.29) is 0 Å². The summed E-state index contributed by atoms with van der Waals surface area (Å²) in [5, 5.41) is 4.27. The SMILES string of the molecule is FC(F)(F)c1ccc2c(cnc3ncnn32)c1. The van der Waals surface area contributed by atoms with Gasteiger partial charge in [0, 0.05) is 11.6 Å². The largest absolute Gasteiger partial charge is 0.416 e. The van der Waals surface area contributed by atoms with E-state index < -0.39 is 11.7 Å². The Labute approximate surface area is 92.7 Å². The predicted molar refractivity (Wildman–Crippen MR) is 53.3 cm³/mol. The monoisotopic (exact) mass is 238 g/mol. The smallest absolute Gasteiger partial charge is 0.219 e. The van der Waals surface area contributed by atoms with Gasteiger partial charge >= 0.3 is 6.18 Å². The van der Waals surface area contributed by atoms with Crippen molar-refractivity contribution < 1.29 is 13.2 Å². The van der Waals surface area contributed by atoms with E-state index in [0.717, 1.165) is 12.1 Å². The number of fused-ring (bicyclic) bond motifs is 3. The van der Waals surface area contributed by atoms with Gasteiger partial charge in [-0.25, -0.2) is 4.98 Å². The van der Waals surface area contributed by atoms with Crippen LogP contribution < -0.4 is 0 Å². The minimum absolute atomic E-state index is 0.359. The van der Waals surface area contributed by atoms with Gasteiger partial charge in [-0.3, -0.25) is 0 Å². The Kier molecular flexibility index (Phi) is 1.86. The third-order valence-corrected chi connectivity index (χ3v) is 2.43. The zero-order chi connectivity index (χ0) is 12.0. The second-order valence-electron chi connectivity index (χ2n) is 3.50. The molecule has 0 aliphatic heterocycles. The van der Waals surface area contributed by atoms with E-state index in [1.54, 1.807) is 0 Å². The highest BCUT2D eigenvalue weighted by atomic mass is 19.4. The summed E-state index contributed by atoms with van der Waals surface area (Å²) in [4.78, 5) is 7.77. The van der Waals surface area contributed by atoms with E-state index in [1.807, 2.05) is 0 Å². The standard InChI is InChI=1S/C10H5F3N4/c11-10(12,13)7-1-2-8-6(3-7)4-14-9-15-5-16-17(8)9/h1-5H. The molecule has 4 nitrogen and oxygen atoms in total. The number of benzene rings is 1. The van der Waals surface area contributed by atoms with Crippen molar-refractivity contribution >= 4 is 16.7 Å². The fourth-order valence-corrected chi connectivity index (χ4v) is 1.65. The molecule has 0 spiro atoms. The molecule has 0 unspecified atom stereocenters. The Morgan fingerprint density at radius 2 is 1.94 bits per heavy atom. The highest BCUT2D eigenvalue weighted by molar-refractivity contribution is 5.80. The van der Waals surface area contributed by atoms with E-state index in [2.05, 4.69) is 15.1 Å². The maximum atomic E-state index is 12.5. The van der Waals surface area contributed by atoms with E-state index in [9.17, 15) is 13.2 Å². The van der Waals surface area contributed by atoms with Crippen LogP contribution in [0.4, 0.5) is 13.2 Å². The van der Waals surface area contributed by atoms with Crippen molar-refractivity contribution in [1.29, 1.82) is 0 Å². The average Bonchev–Trinajstić information content (AvgIpc) is 2.75. The molecule has 0 amide bonds. The maximum Gasteiger partial charge on any atom is 0.416 e. The van der Waals surface area contributed by atoms with Gasteiger partial charge in [-0.2, -0.15) is 27.8 Å². The highest BCUT2D eigenvalue weighted by Crippen LogP contribution is 2.31. The second kappa shape index (κ2) is 3.16. The Bertz CT molecular complexity index is 701. The van der Waals surface area contributed by atoms with Crippen molar-refractivity contribution in [3.05, 3.63) is 36.3 Å². The number of hydrogen-bond donors (Lipinski definition) is 0. The van der Waals surface area contributed by atoms with Gasteiger partial charge in [0.15, 0.2) is 0 Å². The van der Waals surface area contributed by atoms with Gasteiger partial charge in [0.1, 0.15) is 6.33 Å². The van der Waals surface area contributed by atoms with Crippen LogP contribution in [0.25, 0.3) is 16.7 Å². The summed E-state index contributed by atoms with van der Waals surface area (Å²) in [6, 6.07) is 3.43. The minimum atomic E-state index is -4.36. The molecule has 3 rings (SSSR count). The van der Waals surface area contributed by atoms with Crippen molar-refractivity contribution in [2.24, 2.45) is 0 Å². The first-order valence-electron chi connectivity index (χ1n) is 4.71. The van der Waals surface area contributed by atoms with Crippen molar-refractivity contribution in [2.45, 2.75) is 6.18 Å². The number of halogens is 3. The van der Waals surface area contributed by atoms with Gasteiger partial charge in [-0.15, -0.1) is 0 Å². The highest BCUT2D eigenvalue weighted by Gasteiger charge is 2.30. The lowest BCUT2D eigenvalue weighted by Gasteiger charge is -2.07. The molecule has 1 aromatic carbocycles. The molecule has 0 N–H and O–H groups in total. The van der Waals surface area contributed by atoms with E-state index >= 15 is 0 Å². The topological polar surface area (TPSA) is 43.1 Å². The third kappa shape index (κ3) is 1.50. The van der Waals surface area contributed by atoms with Gasteiger partial charge in [0.2, 0.25) is 0 Å². The van der Waals surface area contributed by atoms with Crippen LogP contribution in [0, 0.1) is 0 Å². The fraction of sp³-hybridized carbons (Fsp3) is 0.100. The van der Waals surface area contributed by atoms with E-state index in [1.165, 1.54) is 23.1 Å². The van der Waals surface area contributed by atoms with Gasteiger partial charge in [0.05, 0.1) is 11.1 Å². The fourth-order valence-electron chi connectivity index (χ4n) is 1.65. The molecule has 3 aromatic rings. The normalized spacial score (nSPS) is 12.4. The molecule has 17 heavy (non-hydrogen) atoms. The number of hydrogen-bond acceptors (Lipinski definition) is 3. The molecule has 0 saturated carbocycles. The number of rotatable bonds is 0. The Morgan fingerprint density at radius 3 is 2.71 bits per heavy atom. The number of nitrogens with zero attached hydrogens (tertiary/aromatic N) is 4. The molecule has 0 radical (unpaired) electrons. The summed E-state index contributed by atoms with van der Waals surface area (Å²) in [5.74, 6) is 0.359.